The fraction of sp³-hybridized carbons (Fsp3) is 0.588. The third-order valence-electron chi connectivity index (χ3n) is 4.56. The van der Waals surface area contributed by atoms with E-state index in [2.05, 4.69) is 22.8 Å². The molecule has 1 atom stereocenters. The van der Waals surface area contributed by atoms with Crippen LogP contribution in [0, 0.1) is 5.92 Å². The highest BCUT2D eigenvalue weighted by Gasteiger charge is 2.15. The maximum atomic E-state index is 12.0. The van der Waals surface area contributed by atoms with Crippen LogP contribution in [0.25, 0.3) is 0 Å². The Hall–Kier alpha value is -1.35. The third kappa shape index (κ3) is 3.40. The molecule has 0 saturated carbocycles. The highest BCUT2D eigenvalue weighted by Crippen LogP contribution is 2.25. The first kappa shape index (κ1) is 13.6. The van der Waals surface area contributed by atoms with Gasteiger partial charge in [-0.3, -0.25) is 4.79 Å². The minimum atomic E-state index is 0.161. The summed E-state index contributed by atoms with van der Waals surface area (Å²) in [7, 11) is 0. The highest BCUT2D eigenvalue weighted by atomic mass is 16.1. The normalized spacial score (nSPS) is 21.5. The van der Waals surface area contributed by atoms with Crippen molar-refractivity contribution in [1.29, 1.82) is 0 Å². The molecule has 0 aromatic heterocycles. The Morgan fingerprint density at radius 2 is 2.15 bits per heavy atom. The van der Waals surface area contributed by atoms with Crippen molar-refractivity contribution in [3.05, 3.63) is 29.3 Å². The lowest BCUT2D eigenvalue weighted by Crippen LogP contribution is -2.30. The Kier molecular flexibility index (Phi) is 4.36. The molecule has 3 nitrogen and oxygen atoms in total. The zero-order chi connectivity index (χ0) is 13.8. The van der Waals surface area contributed by atoms with Gasteiger partial charge in [-0.2, -0.15) is 0 Å². The van der Waals surface area contributed by atoms with Gasteiger partial charge in [-0.25, -0.2) is 0 Å². The average Bonchev–Trinajstić information content (AvgIpc) is 2.94. The third-order valence-corrected chi connectivity index (χ3v) is 4.56. The number of amides is 1. The Morgan fingerprint density at radius 3 is 3.00 bits per heavy atom. The van der Waals surface area contributed by atoms with E-state index in [1.165, 1.54) is 36.8 Å². The largest absolute Gasteiger partial charge is 0.326 e. The topological polar surface area (TPSA) is 41.1 Å². The molecule has 1 fully saturated rings. The first-order valence-electron chi connectivity index (χ1n) is 7.93. The number of nitrogens with one attached hydrogen (secondary N) is 2. The summed E-state index contributed by atoms with van der Waals surface area (Å²) in [5.41, 5.74) is 3.84. The predicted octanol–water partition coefficient (Wildman–Crippen LogP) is 2.89. The van der Waals surface area contributed by atoms with Gasteiger partial charge in [-0.05, 0) is 80.8 Å². The lowest BCUT2D eigenvalue weighted by atomic mass is 9.94. The van der Waals surface area contributed by atoms with Gasteiger partial charge in [0.25, 0.3) is 0 Å². The molecule has 0 radical (unpaired) electrons. The Bertz CT molecular complexity index is 478. The molecule has 3 rings (SSSR count). The van der Waals surface area contributed by atoms with Gasteiger partial charge in [0.1, 0.15) is 0 Å². The van der Waals surface area contributed by atoms with Crippen molar-refractivity contribution in [1.82, 2.24) is 5.32 Å². The SMILES string of the molecule is O=C(CCC1CCCNC1)Nc1ccc2c(c1)CCC2. The molecule has 3 heteroatoms. The van der Waals surface area contributed by atoms with Crippen LogP contribution in [0.3, 0.4) is 0 Å². The fourth-order valence-electron chi connectivity index (χ4n) is 3.38. The van der Waals surface area contributed by atoms with E-state index in [1.807, 2.05) is 6.07 Å². The van der Waals surface area contributed by atoms with Crippen LogP contribution in [-0.4, -0.2) is 19.0 Å². The molecule has 20 heavy (non-hydrogen) atoms. The number of rotatable bonds is 4. The van der Waals surface area contributed by atoms with Crippen LogP contribution in [0.4, 0.5) is 5.69 Å². The van der Waals surface area contributed by atoms with Crippen LogP contribution in [0.15, 0.2) is 18.2 Å². The van der Waals surface area contributed by atoms with Crippen LogP contribution >= 0.6 is 0 Å². The van der Waals surface area contributed by atoms with Gasteiger partial charge in [-0.15, -0.1) is 0 Å². The van der Waals surface area contributed by atoms with Gasteiger partial charge in [0.2, 0.25) is 5.91 Å². The number of fused-ring (bicyclic) bond motifs is 1. The molecule has 0 spiro atoms. The summed E-state index contributed by atoms with van der Waals surface area (Å²) in [6.07, 6.45) is 7.76. The number of hydrogen-bond donors (Lipinski definition) is 2. The van der Waals surface area contributed by atoms with Crippen LogP contribution in [0.5, 0.6) is 0 Å². The van der Waals surface area contributed by atoms with Crippen molar-refractivity contribution in [2.75, 3.05) is 18.4 Å². The Labute approximate surface area is 121 Å². The van der Waals surface area contributed by atoms with Crippen molar-refractivity contribution < 1.29 is 4.79 Å². The van der Waals surface area contributed by atoms with E-state index in [1.54, 1.807) is 0 Å². The fourth-order valence-corrected chi connectivity index (χ4v) is 3.38. The molecule has 1 saturated heterocycles. The van der Waals surface area contributed by atoms with Crippen LogP contribution in [0.2, 0.25) is 0 Å². The maximum absolute atomic E-state index is 12.0. The van der Waals surface area contributed by atoms with Gasteiger partial charge in [0.15, 0.2) is 0 Å². The molecule has 2 aliphatic rings. The number of hydrogen-bond acceptors (Lipinski definition) is 2. The van der Waals surface area contributed by atoms with Crippen molar-refractivity contribution in [3.63, 3.8) is 0 Å². The van der Waals surface area contributed by atoms with Crippen LogP contribution in [0.1, 0.15) is 43.2 Å². The number of piperidine rings is 1. The average molecular weight is 272 g/mol. The first-order chi connectivity index (χ1) is 9.81. The van der Waals surface area contributed by atoms with Crippen LogP contribution in [-0.2, 0) is 17.6 Å². The van der Waals surface area contributed by atoms with E-state index in [4.69, 9.17) is 0 Å². The number of carbonyl (C=O) groups excluding carboxylic acids is 1. The van der Waals surface area contributed by atoms with E-state index >= 15 is 0 Å². The molecule has 1 aliphatic heterocycles. The van der Waals surface area contributed by atoms with E-state index in [-0.39, 0.29) is 5.91 Å². The standard InChI is InChI=1S/C17H24N2O/c20-17(9-6-13-3-2-10-18-12-13)19-16-8-7-14-4-1-5-15(14)11-16/h7-8,11,13,18H,1-6,9-10,12H2,(H,19,20). The summed E-state index contributed by atoms with van der Waals surface area (Å²) in [6, 6.07) is 6.37. The lowest BCUT2D eigenvalue weighted by molar-refractivity contribution is -0.116. The number of anilines is 1. The van der Waals surface area contributed by atoms with Crippen molar-refractivity contribution in [2.45, 2.75) is 44.9 Å². The Balaban J connectivity index is 1.48. The summed E-state index contributed by atoms with van der Waals surface area (Å²) in [5.74, 6) is 0.836. The van der Waals surface area contributed by atoms with E-state index < -0.39 is 0 Å². The molecule has 1 unspecified atom stereocenters. The lowest BCUT2D eigenvalue weighted by Gasteiger charge is -2.22. The summed E-state index contributed by atoms with van der Waals surface area (Å²) in [5, 5.41) is 6.46. The molecule has 2 N–H and O–H groups in total. The summed E-state index contributed by atoms with van der Waals surface area (Å²) in [4.78, 5) is 12.0. The first-order valence-corrected chi connectivity index (χ1v) is 7.93. The van der Waals surface area contributed by atoms with E-state index in [0.29, 0.717) is 12.3 Å². The zero-order valence-electron chi connectivity index (χ0n) is 12.1. The molecular formula is C17H24N2O. The maximum Gasteiger partial charge on any atom is 0.224 e. The second kappa shape index (κ2) is 6.40. The van der Waals surface area contributed by atoms with E-state index in [9.17, 15) is 4.79 Å². The molecule has 108 valence electrons. The molecule has 0 bridgehead atoms. The van der Waals surface area contributed by atoms with Crippen molar-refractivity contribution in [3.8, 4) is 0 Å². The van der Waals surface area contributed by atoms with E-state index in [0.717, 1.165) is 31.6 Å². The van der Waals surface area contributed by atoms with Gasteiger partial charge in [-0.1, -0.05) is 6.07 Å². The summed E-state index contributed by atoms with van der Waals surface area (Å²) < 4.78 is 0. The molecule has 1 aliphatic carbocycles. The number of carbonyl (C=O) groups is 1. The van der Waals surface area contributed by atoms with Gasteiger partial charge < -0.3 is 10.6 Å². The monoisotopic (exact) mass is 272 g/mol. The smallest absolute Gasteiger partial charge is 0.224 e. The minimum Gasteiger partial charge on any atom is -0.326 e. The van der Waals surface area contributed by atoms with Crippen molar-refractivity contribution >= 4 is 11.6 Å². The van der Waals surface area contributed by atoms with Gasteiger partial charge in [0, 0.05) is 12.1 Å². The molecule has 1 aromatic rings. The minimum absolute atomic E-state index is 0.161. The molecule has 1 amide bonds. The predicted molar refractivity (Wildman–Crippen MR) is 81.9 cm³/mol. The van der Waals surface area contributed by atoms with Gasteiger partial charge >= 0.3 is 0 Å². The highest BCUT2D eigenvalue weighted by molar-refractivity contribution is 5.90. The summed E-state index contributed by atoms with van der Waals surface area (Å²) >= 11 is 0. The summed E-state index contributed by atoms with van der Waals surface area (Å²) in [6.45, 7) is 2.21. The number of benzene rings is 1. The Morgan fingerprint density at radius 1 is 1.25 bits per heavy atom. The molecular weight excluding hydrogens is 248 g/mol. The van der Waals surface area contributed by atoms with Crippen molar-refractivity contribution in [2.24, 2.45) is 5.92 Å². The number of aryl methyl sites for hydroxylation is 2. The van der Waals surface area contributed by atoms with Crippen LogP contribution < -0.4 is 10.6 Å². The second-order valence-electron chi connectivity index (χ2n) is 6.14. The zero-order valence-corrected chi connectivity index (χ0v) is 12.1. The van der Waals surface area contributed by atoms with Gasteiger partial charge in [0.05, 0.1) is 0 Å². The quantitative estimate of drug-likeness (QED) is 0.885. The second-order valence-corrected chi connectivity index (χ2v) is 6.14. The molecule has 1 aromatic carbocycles. The molecule has 1 heterocycles.